The van der Waals surface area contributed by atoms with E-state index in [4.69, 9.17) is 17.3 Å². The smallest absolute Gasteiger partial charge is 0.161 e. The molecule has 1 aromatic carbocycles. The molecule has 2 heterocycles. The number of nitrogens with zero attached hydrogens (tertiary/aromatic N) is 1. The summed E-state index contributed by atoms with van der Waals surface area (Å²) in [5.74, 6) is 0. The van der Waals surface area contributed by atoms with E-state index in [2.05, 4.69) is 38.4 Å². The first-order valence-corrected chi connectivity index (χ1v) is 11.0. The summed E-state index contributed by atoms with van der Waals surface area (Å²) < 4.78 is 17.4. The lowest BCUT2D eigenvalue weighted by Crippen LogP contribution is -2.44. The Kier molecular flexibility index (Phi) is 6.88. The number of anilines is 1. The highest BCUT2D eigenvalue weighted by atomic mass is 79.9. The number of fused-ring (bicyclic) bond motifs is 1. The predicted molar refractivity (Wildman–Crippen MR) is 123 cm³/mol. The zero-order valence-corrected chi connectivity index (χ0v) is 19.0. The quantitative estimate of drug-likeness (QED) is 0.383. The van der Waals surface area contributed by atoms with Crippen LogP contribution in [0.5, 0.6) is 0 Å². The third-order valence-electron chi connectivity index (χ3n) is 5.15. The number of nitrogens with one attached hydrogen (secondary N) is 1. The first kappa shape index (κ1) is 21.8. The van der Waals surface area contributed by atoms with Gasteiger partial charge in [0.05, 0.1) is 25.3 Å². The molecular formula is C20H21BrCl2FN3S. The van der Waals surface area contributed by atoms with Gasteiger partial charge in [-0.1, -0.05) is 48.4 Å². The van der Waals surface area contributed by atoms with Gasteiger partial charge >= 0.3 is 0 Å². The molecule has 1 aliphatic carbocycles. The summed E-state index contributed by atoms with van der Waals surface area (Å²) in [6, 6.07) is 11.4. The Morgan fingerprint density at radius 3 is 2.79 bits per heavy atom. The standard InChI is InChI=1S/C20H20BrClFN3S.ClH/c21-16-17-18(27-19(16)20(23)9-5-4-8-14(20)24)13(10-15(22)26-17)25-11-12-6-2-1-3-7-12;/h1-3,6-7,10,14H,4-5,8-9,11,24H2,(H,25,26);1H/t14-,20+;/m0./s1. The molecule has 4 rings (SSSR count). The van der Waals surface area contributed by atoms with Crippen LogP contribution in [0.25, 0.3) is 10.2 Å². The number of hydrogen-bond acceptors (Lipinski definition) is 4. The van der Waals surface area contributed by atoms with Crippen molar-refractivity contribution in [2.75, 3.05) is 5.32 Å². The molecule has 0 amide bonds. The van der Waals surface area contributed by atoms with Gasteiger partial charge in [-0.05, 0) is 40.8 Å². The summed E-state index contributed by atoms with van der Waals surface area (Å²) in [5.41, 5.74) is 7.37. The highest BCUT2D eigenvalue weighted by Crippen LogP contribution is 2.50. The molecule has 0 unspecified atom stereocenters. The molecule has 0 spiro atoms. The molecule has 3 nitrogen and oxygen atoms in total. The molecular weight excluding hydrogens is 484 g/mol. The number of rotatable bonds is 4. The van der Waals surface area contributed by atoms with E-state index >= 15 is 4.39 Å². The van der Waals surface area contributed by atoms with Gasteiger partial charge in [-0.15, -0.1) is 23.7 Å². The number of pyridine rings is 1. The molecule has 150 valence electrons. The Morgan fingerprint density at radius 2 is 2.07 bits per heavy atom. The SMILES string of the molecule is Cl.N[C@H]1CCCC[C@]1(F)c1sc2c(NCc3ccccc3)cc(Cl)nc2c1Br. The number of nitrogens with two attached hydrogens (primary N) is 1. The van der Waals surface area contributed by atoms with Crippen LogP contribution in [0.15, 0.2) is 40.9 Å². The van der Waals surface area contributed by atoms with Crippen molar-refractivity contribution in [1.29, 1.82) is 0 Å². The van der Waals surface area contributed by atoms with Gasteiger partial charge in [-0.2, -0.15) is 0 Å². The molecule has 28 heavy (non-hydrogen) atoms. The molecule has 1 saturated carbocycles. The number of thiophene rings is 1. The van der Waals surface area contributed by atoms with Gasteiger partial charge in [0.15, 0.2) is 5.67 Å². The van der Waals surface area contributed by atoms with E-state index in [-0.39, 0.29) is 12.4 Å². The summed E-state index contributed by atoms with van der Waals surface area (Å²) in [4.78, 5) is 5.07. The fraction of sp³-hybridized carbons (Fsp3) is 0.350. The summed E-state index contributed by atoms with van der Waals surface area (Å²) in [5, 5.41) is 3.80. The van der Waals surface area contributed by atoms with Crippen LogP contribution in [0.2, 0.25) is 5.15 Å². The lowest BCUT2D eigenvalue weighted by atomic mass is 9.81. The number of benzene rings is 1. The molecule has 0 radical (unpaired) electrons. The minimum Gasteiger partial charge on any atom is -0.380 e. The molecule has 0 bridgehead atoms. The van der Waals surface area contributed by atoms with Crippen molar-refractivity contribution in [3.8, 4) is 0 Å². The number of aromatic nitrogens is 1. The predicted octanol–water partition coefficient (Wildman–Crippen LogP) is 6.81. The highest BCUT2D eigenvalue weighted by Gasteiger charge is 2.44. The maximum absolute atomic E-state index is 15.9. The van der Waals surface area contributed by atoms with E-state index in [1.165, 1.54) is 11.3 Å². The van der Waals surface area contributed by atoms with Gasteiger partial charge in [-0.25, -0.2) is 9.37 Å². The van der Waals surface area contributed by atoms with Crippen molar-refractivity contribution in [2.24, 2.45) is 5.73 Å². The average Bonchev–Trinajstić information content (AvgIpc) is 3.00. The Balaban J connectivity index is 0.00000225. The summed E-state index contributed by atoms with van der Waals surface area (Å²) in [6.07, 6.45) is 2.96. The third kappa shape index (κ3) is 4.03. The van der Waals surface area contributed by atoms with Crippen LogP contribution in [0, 0.1) is 0 Å². The van der Waals surface area contributed by atoms with E-state index < -0.39 is 11.7 Å². The van der Waals surface area contributed by atoms with Crippen LogP contribution in [0.1, 0.15) is 36.1 Å². The lowest BCUT2D eigenvalue weighted by Gasteiger charge is -2.34. The third-order valence-corrected chi connectivity index (χ3v) is 7.74. The monoisotopic (exact) mass is 503 g/mol. The van der Waals surface area contributed by atoms with Crippen molar-refractivity contribution >= 4 is 67.2 Å². The van der Waals surface area contributed by atoms with Gasteiger partial charge in [0.1, 0.15) is 5.15 Å². The largest absolute Gasteiger partial charge is 0.380 e. The first-order valence-electron chi connectivity index (χ1n) is 9.00. The number of halogens is 4. The minimum absolute atomic E-state index is 0. The van der Waals surface area contributed by atoms with Gasteiger partial charge < -0.3 is 11.1 Å². The topological polar surface area (TPSA) is 50.9 Å². The van der Waals surface area contributed by atoms with Crippen molar-refractivity contribution in [3.63, 3.8) is 0 Å². The molecule has 2 aromatic heterocycles. The van der Waals surface area contributed by atoms with E-state index in [9.17, 15) is 0 Å². The molecule has 3 aromatic rings. The van der Waals surface area contributed by atoms with Gasteiger partial charge in [0.2, 0.25) is 0 Å². The van der Waals surface area contributed by atoms with Crippen LogP contribution in [-0.4, -0.2) is 11.0 Å². The van der Waals surface area contributed by atoms with Crippen molar-refractivity contribution < 1.29 is 4.39 Å². The lowest BCUT2D eigenvalue weighted by molar-refractivity contribution is 0.0830. The molecule has 2 atom stereocenters. The molecule has 1 fully saturated rings. The molecule has 1 aliphatic rings. The Labute approximate surface area is 187 Å². The minimum atomic E-state index is -1.52. The van der Waals surface area contributed by atoms with E-state index in [1.807, 2.05) is 18.2 Å². The van der Waals surface area contributed by atoms with E-state index in [1.54, 1.807) is 6.07 Å². The molecule has 8 heteroatoms. The van der Waals surface area contributed by atoms with Crippen LogP contribution in [0.3, 0.4) is 0 Å². The highest BCUT2D eigenvalue weighted by molar-refractivity contribution is 9.10. The average molecular weight is 505 g/mol. The Morgan fingerprint density at radius 1 is 1.32 bits per heavy atom. The zero-order chi connectivity index (χ0) is 19.0. The molecule has 0 saturated heterocycles. The number of hydrogen-bond donors (Lipinski definition) is 2. The van der Waals surface area contributed by atoms with Crippen LogP contribution in [-0.2, 0) is 12.2 Å². The molecule has 3 N–H and O–H groups in total. The zero-order valence-electron chi connectivity index (χ0n) is 15.1. The summed E-state index contributed by atoms with van der Waals surface area (Å²) >= 11 is 11.2. The van der Waals surface area contributed by atoms with Crippen LogP contribution in [0.4, 0.5) is 10.1 Å². The number of alkyl halides is 1. The fourth-order valence-corrected chi connectivity index (χ4v) is 6.13. The van der Waals surface area contributed by atoms with Crippen LogP contribution >= 0.6 is 51.3 Å². The van der Waals surface area contributed by atoms with Gasteiger partial charge in [-0.3, -0.25) is 0 Å². The van der Waals surface area contributed by atoms with Gasteiger partial charge in [0.25, 0.3) is 0 Å². The van der Waals surface area contributed by atoms with Crippen LogP contribution < -0.4 is 11.1 Å². The second kappa shape index (κ2) is 8.84. The summed E-state index contributed by atoms with van der Waals surface area (Å²) in [7, 11) is 0. The second-order valence-electron chi connectivity index (χ2n) is 6.97. The Hall–Kier alpha value is -0.920. The fourth-order valence-electron chi connectivity index (χ4n) is 3.64. The maximum Gasteiger partial charge on any atom is 0.161 e. The van der Waals surface area contributed by atoms with E-state index in [0.29, 0.717) is 39.4 Å². The second-order valence-corrected chi connectivity index (χ2v) is 9.17. The normalized spacial score (nSPS) is 22.1. The van der Waals surface area contributed by atoms with Crippen molar-refractivity contribution in [2.45, 2.75) is 43.9 Å². The van der Waals surface area contributed by atoms with Crippen molar-refractivity contribution in [3.05, 3.63) is 56.5 Å². The maximum atomic E-state index is 15.9. The summed E-state index contributed by atoms with van der Waals surface area (Å²) in [6.45, 7) is 0.654. The molecule has 0 aliphatic heterocycles. The van der Waals surface area contributed by atoms with Gasteiger partial charge in [0, 0.05) is 18.7 Å². The first-order chi connectivity index (χ1) is 13.0. The van der Waals surface area contributed by atoms with Crippen molar-refractivity contribution in [1.82, 2.24) is 4.98 Å². The van der Waals surface area contributed by atoms with E-state index in [0.717, 1.165) is 28.8 Å². The Bertz CT molecular complexity index is 969.